The molecule has 1 heterocycles. The van der Waals surface area contributed by atoms with Crippen molar-refractivity contribution in [2.75, 3.05) is 18.7 Å². The minimum atomic E-state index is 0.214. The number of hydrogen-bond acceptors (Lipinski definition) is 4. The molecule has 0 fully saturated rings. The van der Waals surface area contributed by atoms with Crippen LogP contribution >= 0.6 is 0 Å². The van der Waals surface area contributed by atoms with Gasteiger partial charge in [0.1, 0.15) is 5.75 Å². The first kappa shape index (κ1) is 12.7. The molecule has 3 rings (SSSR count). The van der Waals surface area contributed by atoms with Crippen LogP contribution in [0.3, 0.4) is 0 Å². The van der Waals surface area contributed by atoms with E-state index in [1.54, 1.807) is 6.07 Å². The molecule has 1 N–H and O–H groups in total. The SMILES string of the molecule is Cc1ccc(N(C)Cc2cc3c(cc2O)OCO3)cc1. The Morgan fingerprint density at radius 1 is 1.10 bits per heavy atom. The highest BCUT2D eigenvalue weighted by Gasteiger charge is 2.17. The number of rotatable bonds is 3. The summed E-state index contributed by atoms with van der Waals surface area (Å²) in [6, 6.07) is 11.7. The Hall–Kier alpha value is -2.36. The highest BCUT2D eigenvalue weighted by Crippen LogP contribution is 2.38. The van der Waals surface area contributed by atoms with Gasteiger partial charge in [0.2, 0.25) is 6.79 Å². The van der Waals surface area contributed by atoms with Crippen molar-refractivity contribution in [3.05, 3.63) is 47.5 Å². The number of phenols is 1. The van der Waals surface area contributed by atoms with E-state index in [1.165, 1.54) is 5.56 Å². The number of anilines is 1. The summed E-state index contributed by atoms with van der Waals surface area (Å²) in [6.45, 7) is 2.88. The van der Waals surface area contributed by atoms with Crippen molar-refractivity contribution < 1.29 is 14.6 Å². The number of benzene rings is 2. The van der Waals surface area contributed by atoms with Gasteiger partial charge in [-0.3, -0.25) is 0 Å². The molecular formula is C16H17NO3. The van der Waals surface area contributed by atoms with Crippen LogP contribution in [0.4, 0.5) is 5.69 Å². The Morgan fingerprint density at radius 2 is 1.75 bits per heavy atom. The zero-order chi connectivity index (χ0) is 14.1. The van der Waals surface area contributed by atoms with Gasteiger partial charge in [-0.15, -0.1) is 0 Å². The van der Waals surface area contributed by atoms with Crippen LogP contribution in [0.15, 0.2) is 36.4 Å². The Kier molecular flexibility index (Phi) is 3.14. The smallest absolute Gasteiger partial charge is 0.231 e. The second-order valence-corrected chi connectivity index (χ2v) is 5.03. The van der Waals surface area contributed by atoms with E-state index in [-0.39, 0.29) is 12.5 Å². The zero-order valence-corrected chi connectivity index (χ0v) is 11.6. The highest BCUT2D eigenvalue weighted by atomic mass is 16.7. The maximum absolute atomic E-state index is 10.1. The number of aryl methyl sites for hydroxylation is 1. The Morgan fingerprint density at radius 3 is 2.45 bits per heavy atom. The van der Waals surface area contributed by atoms with Crippen molar-refractivity contribution in [3.8, 4) is 17.2 Å². The van der Waals surface area contributed by atoms with Gasteiger partial charge in [-0.2, -0.15) is 0 Å². The van der Waals surface area contributed by atoms with Crippen LogP contribution in [-0.4, -0.2) is 18.9 Å². The Labute approximate surface area is 118 Å². The van der Waals surface area contributed by atoms with E-state index >= 15 is 0 Å². The summed E-state index contributed by atoms with van der Waals surface area (Å²) in [5, 5.41) is 10.1. The first-order valence-electron chi connectivity index (χ1n) is 6.53. The van der Waals surface area contributed by atoms with Gasteiger partial charge in [0.25, 0.3) is 0 Å². The molecule has 4 nitrogen and oxygen atoms in total. The van der Waals surface area contributed by atoms with E-state index in [0.29, 0.717) is 18.0 Å². The minimum absolute atomic E-state index is 0.214. The second-order valence-electron chi connectivity index (χ2n) is 5.03. The van der Waals surface area contributed by atoms with E-state index in [0.717, 1.165) is 11.3 Å². The number of ether oxygens (including phenoxy) is 2. The molecule has 4 heteroatoms. The van der Waals surface area contributed by atoms with Crippen LogP contribution < -0.4 is 14.4 Å². The van der Waals surface area contributed by atoms with Crippen LogP contribution in [0.25, 0.3) is 0 Å². The number of hydrogen-bond donors (Lipinski definition) is 1. The largest absolute Gasteiger partial charge is 0.507 e. The number of aromatic hydroxyl groups is 1. The summed E-state index contributed by atoms with van der Waals surface area (Å²) in [6.07, 6.45) is 0. The zero-order valence-electron chi connectivity index (χ0n) is 11.6. The third-order valence-electron chi connectivity index (χ3n) is 3.46. The minimum Gasteiger partial charge on any atom is -0.507 e. The summed E-state index contributed by atoms with van der Waals surface area (Å²) in [5.74, 6) is 1.52. The van der Waals surface area contributed by atoms with Crippen molar-refractivity contribution in [2.24, 2.45) is 0 Å². The second kappa shape index (κ2) is 4.96. The molecule has 0 spiro atoms. The molecule has 2 aromatic rings. The monoisotopic (exact) mass is 271 g/mol. The summed E-state index contributed by atoms with van der Waals surface area (Å²) >= 11 is 0. The Balaban J connectivity index is 1.82. The lowest BCUT2D eigenvalue weighted by molar-refractivity contribution is 0.174. The fraction of sp³-hybridized carbons (Fsp3) is 0.250. The fourth-order valence-electron chi connectivity index (χ4n) is 2.25. The fourth-order valence-corrected chi connectivity index (χ4v) is 2.25. The molecule has 0 atom stereocenters. The number of phenolic OH excluding ortho intramolecular Hbond substituents is 1. The molecule has 0 saturated carbocycles. The molecule has 0 saturated heterocycles. The molecule has 0 aliphatic carbocycles. The first-order valence-corrected chi connectivity index (χ1v) is 6.53. The third kappa shape index (κ3) is 2.37. The van der Waals surface area contributed by atoms with Gasteiger partial charge in [-0.1, -0.05) is 17.7 Å². The average molecular weight is 271 g/mol. The molecule has 1 aliphatic heterocycles. The van der Waals surface area contributed by atoms with Gasteiger partial charge >= 0.3 is 0 Å². The lowest BCUT2D eigenvalue weighted by Gasteiger charge is -2.20. The highest BCUT2D eigenvalue weighted by molar-refractivity contribution is 5.54. The van der Waals surface area contributed by atoms with Crippen molar-refractivity contribution in [1.82, 2.24) is 0 Å². The van der Waals surface area contributed by atoms with E-state index in [2.05, 4.69) is 36.1 Å². The lowest BCUT2D eigenvalue weighted by Crippen LogP contribution is -2.16. The standard InChI is InChI=1S/C16H17NO3/c1-11-3-5-13(6-4-11)17(2)9-12-7-15-16(8-14(12)18)20-10-19-15/h3-8,18H,9-10H2,1-2H3. The van der Waals surface area contributed by atoms with Crippen molar-refractivity contribution in [3.63, 3.8) is 0 Å². The normalized spacial score (nSPS) is 12.5. The molecule has 0 radical (unpaired) electrons. The predicted octanol–water partition coefficient (Wildman–Crippen LogP) is 3.07. The molecule has 0 unspecified atom stereocenters. The molecule has 20 heavy (non-hydrogen) atoms. The van der Waals surface area contributed by atoms with Crippen molar-refractivity contribution in [2.45, 2.75) is 13.5 Å². The van der Waals surface area contributed by atoms with Gasteiger partial charge < -0.3 is 19.5 Å². The summed E-state index contributed by atoms with van der Waals surface area (Å²) in [5.41, 5.74) is 3.15. The molecular weight excluding hydrogens is 254 g/mol. The molecule has 1 aliphatic rings. The van der Waals surface area contributed by atoms with E-state index in [4.69, 9.17) is 9.47 Å². The molecule has 104 valence electrons. The lowest BCUT2D eigenvalue weighted by atomic mass is 10.1. The predicted molar refractivity (Wildman–Crippen MR) is 77.5 cm³/mol. The van der Waals surface area contributed by atoms with Crippen LogP contribution in [0, 0.1) is 6.92 Å². The van der Waals surface area contributed by atoms with Crippen LogP contribution in [0.2, 0.25) is 0 Å². The van der Waals surface area contributed by atoms with E-state index < -0.39 is 0 Å². The molecule has 0 aromatic heterocycles. The maximum Gasteiger partial charge on any atom is 0.231 e. The van der Waals surface area contributed by atoms with Crippen LogP contribution in [0.5, 0.6) is 17.2 Å². The summed E-state index contributed by atoms with van der Waals surface area (Å²) in [7, 11) is 1.99. The van der Waals surface area contributed by atoms with Gasteiger partial charge in [0, 0.05) is 30.9 Å². The first-order chi connectivity index (χ1) is 9.63. The summed E-state index contributed by atoms with van der Waals surface area (Å²) in [4.78, 5) is 2.08. The van der Waals surface area contributed by atoms with Gasteiger partial charge in [-0.05, 0) is 25.1 Å². The van der Waals surface area contributed by atoms with Crippen LogP contribution in [0.1, 0.15) is 11.1 Å². The molecule has 0 bridgehead atoms. The third-order valence-corrected chi connectivity index (χ3v) is 3.46. The molecule has 0 amide bonds. The quantitative estimate of drug-likeness (QED) is 0.931. The number of nitrogens with zero attached hydrogens (tertiary/aromatic N) is 1. The van der Waals surface area contributed by atoms with E-state index in [9.17, 15) is 5.11 Å². The average Bonchev–Trinajstić information content (AvgIpc) is 2.87. The molecule has 2 aromatic carbocycles. The van der Waals surface area contributed by atoms with Gasteiger partial charge in [0.05, 0.1) is 0 Å². The van der Waals surface area contributed by atoms with Crippen LogP contribution in [-0.2, 0) is 6.54 Å². The van der Waals surface area contributed by atoms with E-state index in [1.807, 2.05) is 13.1 Å². The van der Waals surface area contributed by atoms with Crippen molar-refractivity contribution >= 4 is 5.69 Å². The van der Waals surface area contributed by atoms with Gasteiger partial charge in [-0.25, -0.2) is 0 Å². The Bertz CT molecular complexity index is 622. The van der Waals surface area contributed by atoms with Gasteiger partial charge in [0.15, 0.2) is 11.5 Å². The van der Waals surface area contributed by atoms with Crippen molar-refractivity contribution in [1.29, 1.82) is 0 Å². The number of fused-ring (bicyclic) bond motifs is 1. The summed E-state index contributed by atoms with van der Waals surface area (Å²) < 4.78 is 10.6. The maximum atomic E-state index is 10.1. The topological polar surface area (TPSA) is 41.9 Å².